The Hall–Kier alpha value is -1.79. The molecule has 1 aliphatic rings. The van der Waals surface area contributed by atoms with Gasteiger partial charge in [0.15, 0.2) is 6.10 Å². The van der Waals surface area contributed by atoms with Gasteiger partial charge in [0, 0.05) is 23.1 Å². The molecule has 0 bridgehead atoms. The molecule has 112 valence electrons. The van der Waals surface area contributed by atoms with Crippen LogP contribution in [0.4, 0.5) is 4.79 Å². The third-order valence-corrected chi connectivity index (χ3v) is 3.29. The van der Waals surface area contributed by atoms with Crippen LogP contribution in [0.5, 0.6) is 0 Å². The second kappa shape index (κ2) is 6.32. The molecule has 6 nitrogen and oxygen atoms in total. The largest absolute Gasteiger partial charge is 0.449 e. The molecular formula is C13H12Cl2N2O4. The van der Waals surface area contributed by atoms with Crippen LogP contribution in [0.3, 0.4) is 0 Å². The fourth-order valence-electron chi connectivity index (χ4n) is 1.85. The first kappa shape index (κ1) is 15.6. The van der Waals surface area contributed by atoms with Gasteiger partial charge >= 0.3 is 12.0 Å². The summed E-state index contributed by atoms with van der Waals surface area (Å²) in [4.78, 5) is 36.3. The number of urea groups is 1. The van der Waals surface area contributed by atoms with E-state index in [1.54, 1.807) is 0 Å². The van der Waals surface area contributed by atoms with Crippen molar-refractivity contribution in [2.24, 2.45) is 0 Å². The molecule has 1 fully saturated rings. The molecular weight excluding hydrogens is 319 g/mol. The third-order valence-electron chi connectivity index (χ3n) is 2.85. The summed E-state index contributed by atoms with van der Waals surface area (Å²) >= 11 is 11.6. The molecule has 1 N–H and O–H groups in total. The Bertz CT molecular complexity index is 586. The summed E-state index contributed by atoms with van der Waals surface area (Å²) in [6.45, 7) is 2.04. The number of nitrogens with zero attached hydrogens (tertiary/aromatic N) is 1. The number of amides is 3. The van der Waals surface area contributed by atoms with Gasteiger partial charge in [-0.25, -0.2) is 9.59 Å². The van der Waals surface area contributed by atoms with Gasteiger partial charge in [-0.2, -0.15) is 0 Å². The molecule has 0 spiro atoms. The zero-order valence-electron chi connectivity index (χ0n) is 11.1. The van der Waals surface area contributed by atoms with Crippen LogP contribution in [0, 0.1) is 0 Å². The summed E-state index contributed by atoms with van der Waals surface area (Å²) in [5.74, 6) is -1.31. The quantitative estimate of drug-likeness (QED) is 0.861. The number of benzene rings is 1. The average Bonchev–Trinajstić information content (AvgIpc) is 2.82. The maximum Gasteiger partial charge on any atom is 0.339 e. The molecule has 1 saturated heterocycles. The highest BCUT2D eigenvalue weighted by atomic mass is 35.5. The summed E-state index contributed by atoms with van der Waals surface area (Å²) in [6.07, 6.45) is -1.08. The van der Waals surface area contributed by atoms with E-state index in [0.717, 1.165) is 4.90 Å². The molecule has 1 aromatic rings. The van der Waals surface area contributed by atoms with E-state index in [1.165, 1.54) is 25.1 Å². The molecule has 1 aromatic carbocycles. The highest BCUT2D eigenvalue weighted by Crippen LogP contribution is 2.20. The Morgan fingerprint density at radius 3 is 2.43 bits per heavy atom. The number of hydrogen-bond donors (Lipinski definition) is 1. The lowest BCUT2D eigenvalue weighted by molar-refractivity contribution is -0.136. The second-order valence-electron chi connectivity index (χ2n) is 4.43. The fourth-order valence-corrected chi connectivity index (χ4v) is 2.38. The van der Waals surface area contributed by atoms with Crippen molar-refractivity contribution in [3.05, 3.63) is 33.8 Å². The van der Waals surface area contributed by atoms with Crippen LogP contribution in [-0.2, 0) is 9.53 Å². The smallest absolute Gasteiger partial charge is 0.339 e. The number of carbonyl (C=O) groups is 3. The van der Waals surface area contributed by atoms with Crippen molar-refractivity contribution < 1.29 is 19.1 Å². The Morgan fingerprint density at radius 2 is 1.90 bits per heavy atom. The van der Waals surface area contributed by atoms with Gasteiger partial charge in [-0.15, -0.1) is 0 Å². The zero-order valence-corrected chi connectivity index (χ0v) is 12.6. The van der Waals surface area contributed by atoms with Gasteiger partial charge in [0.2, 0.25) is 0 Å². The molecule has 1 atom stereocenters. The fraction of sp³-hybridized carbons (Fsp3) is 0.308. The Kier molecular flexibility index (Phi) is 4.69. The molecule has 0 aliphatic carbocycles. The summed E-state index contributed by atoms with van der Waals surface area (Å²) in [5, 5.41) is 3.07. The summed E-state index contributed by atoms with van der Waals surface area (Å²) in [7, 11) is 0. The molecule has 8 heteroatoms. The first-order chi connectivity index (χ1) is 9.88. The normalized spacial score (nSPS) is 15.6. The monoisotopic (exact) mass is 330 g/mol. The molecule has 1 aliphatic heterocycles. The van der Waals surface area contributed by atoms with Gasteiger partial charge in [-0.1, -0.05) is 23.2 Å². The van der Waals surface area contributed by atoms with Crippen LogP contribution in [-0.4, -0.2) is 42.0 Å². The highest BCUT2D eigenvalue weighted by molar-refractivity contribution is 6.35. The van der Waals surface area contributed by atoms with Crippen LogP contribution in [0.25, 0.3) is 0 Å². The van der Waals surface area contributed by atoms with E-state index in [0.29, 0.717) is 6.54 Å². The molecule has 21 heavy (non-hydrogen) atoms. The van der Waals surface area contributed by atoms with Crippen LogP contribution in [0.1, 0.15) is 17.3 Å². The van der Waals surface area contributed by atoms with Crippen molar-refractivity contribution in [2.75, 3.05) is 13.1 Å². The molecule has 0 aromatic heterocycles. The lowest BCUT2D eigenvalue weighted by atomic mass is 10.2. The van der Waals surface area contributed by atoms with Gasteiger partial charge in [0.25, 0.3) is 5.91 Å². The van der Waals surface area contributed by atoms with Crippen molar-refractivity contribution in [2.45, 2.75) is 13.0 Å². The zero-order chi connectivity index (χ0) is 15.6. The number of carbonyl (C=O) groups excluding carboxylic acids is 3. The molecule has 0 saturated carbocycles. The number of nitrogens with one attached hydrogen (secondary N) is 1. The van der Waals surface area contributed by atoms with Gasteiger partial charge in [0.05, 0.1) is 5.56 Å². The number of halogens is 2. The number of rotatable bonds is 3. The van der Waals surface area contributed by atoms with Crippen LogP contribution in [0.2, 0.25) is 10.0 Å². The topological polar surface area (TPSA) is 75.7 Å². The van der Waals surface area contributed by atoms with E-state index in [-0.39, 0.29) is 22.2 Å². The Morgan fingerprint density at radius 1 is 1.29 bits per heavy atom. The number of hydrogen-bond acceptors (Lipinski definition) is 4. The van der Waals surface area contributed by atoms with Gasteiger partial charge < -0.3 is 10.1 Å². The van der Waals surface area contributed by atoms with Crippen molar-refractivity contribution in [3.8, 4) is 0 Å². The molecule has 2 rings (SSSR count). The maximum atomic E-state index is 12.0. The first-order valence-corrected chi connectivity index (χ1v) is 6.90. The standard InChI is InChI=1S/C13H12Cl2N2O4/c1-7(11(18)17-3-2-16-13(17)20)21-12(19)8-4-9(14)6-10(15)5-8/h4-7H,2-3H2,1H3,(H,16,20)/t7-/m1/s1. The van der Waals surface area contributed by atoms with Crippen molar-refractivity contribution in [1.82, 2.24) is 10.2 Å². The number of imide groups is 1. The van der Waals surface area contributed by atoms with Gasteiger partial charge in [-0.3, -0.25) is 9.69 Å². The summed E-state index contributed by atoms with van der Waals surface area (Å²) in [5.41, 5.74) is 0.137. The highest BCUT2D eigenvalue weighted by Gasteiger charge is 2.31. The van der Waals surface area contributed by atoms with E-state index >= 15 is 0 Å². The molecule has 3 amide bonds. The van der Waals surface area contributed by atoms with E-state index < -0.39 is 24.0 Å². The Balaban J connectivity index is 2.04. The minimum atomic E-state index is -1.08. The van der Waals surface area contributed by atoms with E-state index in [9.17, 15) is 14.4 Å². The third kappa shape index (κ3) is 3.65. The van der Waals surface area contributed by atoms with Crippen molar-refractivity contribution >= 4 is 41.1 Å². The number of esters is 1. The molecule has 0 unspecified atom stereocenters. The van der Waals surface area contributed by atoms with E-state index in [2.05, 4.69) is 5.32 Å². The van der Waals surface area contributed by atoms with Crippen molar-refractivity contribution in [3.63, 3.8) is 0 Å². The summed E-state index contributed by atoms with van der Waals surface area (Å²) < 4.78 is 5.04. The van der Waals surface area contributed by atoms with Crippen molar-refractivity contribution in [1.29, 1.82) is 0 Å². The summed E-state index contributed by atoms with van der Waals surface area (Å²) in [6, 6.07) is 3.75. The minimum absolute atomic E-state index is 0.137. The van der Waals surface area contributed by atoms with E-state index in [1.807, 2.05) is 0 Å². The van der Waals surface area contributed by atoms with Crippen LogP contribution in [0.15, 0.2) is 18.2 Å². The average molecular weight is 331 g/mol. The van der Waals surface area contributed by atoms with E-state index in [4.69, 9.17) is 27.9 Å². The van der Waals surface area contributed by atoms with Gasteiger partial charge in [0.1, 0.15) is 0 Å². The van der Waals surface area contributed by atoms with Crippen LogP contribution >= 0.6 is 23.2 Å². The first-order valence-electron chi connectivity index (χ1n) is 6.15. The predicted molar refractivity (Wildman–Crippen MR) is 76.5 cm³/mol. The molecule has 1 heterocycles. The minimum Gasteiger partial charge on any atom is -0.449 e. The molecule has 0 radical (unpaired) electrons. The SMILES string of the molecule is C[C@@H](OC(=O)c1cc(Cl)cc(Cl)c1)C(=O)N1CCNC1=O. The Labute approximate surface area is 130 Å². The van der Waals surface area contributed by atoms with Gasteiger partial charge in [-0.05, 0) is 25.1 Å². The maximum absolute atomic E-state index is 12.0. The number of ether oxygens (including phenoxy) is 1. The predicted octanol–water partition coefficient (Wildman–Crippen LogP) is 2.09. The second-order valence-corrected chi connectivity index (χ2v) is 5.30. The lowest BCUT2D eigenvalue weighted by Gasteiger charge is -2.18. The lowest BCUT2D eigenvalue weighted by Crippen LogP contribution is -2.41. The van der Waals surface area contributed by atoms with Crippen LogP contribution < -0.4 is 5.32 Å².